The molecule has 2 rings (SSSR count). The standard InChI is InChI=1S/C13H18N2O3/c1-8-7-10(16)15(9-5-3-2-4-6-9)13(18)11(8)12(14)17/h7,9,18H,2-6H2,1H3,(H2,14,17). The van der Waals surface area contributed by atoms with E-state index in [-0.39, 0.29) is 23.0 Å². The SMILES string of the molecule is Cc1cc(=O)n(C2CCCCC2)c(O)c1C(N)=O. The number of aryl methyl sites for hydroxylation is 1. The molecule has 1 fully saturated rings. The van der Waals surface area contributed by atoms with Crippen LogP contribution >= 0.6 is 0 Å². The molecule has 0 spiro atoms. The molecular weight excluding hydrogens is 232 g/mol. The number of aromatic nitrogens is 1. The maximum Gasteiger partial charge on any atom is 0.254 e. The zero-order valence-corrected chi connectivity index (χ0v) is 10.5. The van der Waals surface area contributed by atoms with Crippen molar-refractivity contribution in [2.24, 2.45) is 5.73 Å². The van der Waals surface area contributed by atoms with Crippen LogP contribution < -0.4 is 11.3 Å². The van der Waals surface area contributed by atoms with Gasteiger partial charge in [-0.3, -0.25) is 14.2 Å². The van der Waals surface area contributed by atoms with Crippen molar-refractivity contribution >= 4 is 5.91 Å². The van der Waals surface area contributed by atoms with Crippen LogP contribution in [0.3, 0.4) is 0 Å². The summed E-state index contributed by atoms with van der Waals surface area (Å²) in [6.45, 7) is 1.60. The van der Waals surface area contributed by atoms with Crippen molar-refractivity contribution in [3.63, 3.8) is 0 Å². The Morgan fingerprint density at radius 3 is 2.56 bits per heavy atom. The lowest BCUT2D eigenvalue weighted by atomic mass is 9.94. The van der Waals surface area contributed by atoms with Crippen molar-refractivity contribution in [3.05, 3.63) is 27.5 Å². The Bertz CT molecular complexity index is 528. The van der Waals surface area contributed by atoms with Crippen molar-refractivity contribution in [1.29, 1.82) is 0 Å². The van der Waals surface area contributed by atoms with Gasteiger partial charge in [0.05, 0.1) is 0 Å². The molecule has 1 aliphatic rings. The Hall–Kier alpha value is -1.78. The molecule has 0 unspecified atom stereocenters. The molecular formula is C13H18N2O3. The predicted octanol–water partition coefficient (Wildman–Crippen LogP) is 1.47. The molecule has 0 aliphatic heterocycles. The summed E-state index contributed by atoms with van der Waals surface area (Å²) in [4.78, 5) is 23.3. The fraction of sp³-hybridized carbons (Fsp3) is 0.538. The van der Waals surface area contributed by atoms with E-state index in [1.807, 2.05) is 0 Å². The Morgan fingerprint density at radius 2 is 2.00 bits per heavy atom. The molecule has 0 saturated heterocycles. The van der Waals surface area contributed by atoms with Crippen LogP contribution in [-0.4, -0.2) is 15.6 Å². The normalized spacial score (nSPS) is 16.7. The van der Waals surface area contributed by atoms with Gasteiger partial charge >= 0.3 is 0 Å². The van der Waals surface area contributed by atoms with E-state index in [1.54, 1.807) is 6.92 Å². The number of rotatable bonds is 2. The highest BCUT2D eigenvalue weighted by Crippen LogP contribution is 2.31. The second-order valence-electron chi connectivity index (χ2n) is 4.89. The number of carbonyl (C=O) groups is 1. The second-order valence-corrected chi connectivity index (χ2v) is 4.89. The number of nitrogens with two attached hydrogens (primary N) is 1. The number of carbonyl (C=O) groups excluding carboxylic acids is 1. The van der Waals surface area contributed by atoms with E-state index < -0.39 is 5.91 Å². The first-order valence-electron chi connectivity index (χ1n) is 6.27. The molecule has 98 valence electrons. The summed E-state index contributed by atoms with van der Waals surface area (Å²) in [5.74, 6) is -0.978. The van der Waals surface area contributed by atoms with E-state index in [2.05, 4.69) is 0 Å². The van der Waals surface area contributed by atoms with Crippen LogP contribution in [0, 0.1) is 6.92 Å². The Morgan fingerprint density at radius 1 is 1.39 bits per heavy atom. The number of hydrogen-bond acceptors (Lipinski definition) is 3. The molecule has 1 heterocycles. The summed E-state index contributed by atoms with van der Waals surface area (Å²) in [6, 6.07) is 1.35. The fourth-order valence-electron chi connectivity index (χ4n) is 2.72. The first kappa shape index (κ1) is 12.7. The quantitative estimate of drug-likeness (QED) is 0.833. The van der Waals surface area contributed by atoms with Crippen LogP contribution in [0.5, 0.6) is 5.88 Å². The van der Waals surface area contributed by atoms with Crippen LogP contribution in [0.4, 0.5) is 0 Å². The zero-order valence-electron chi connectivity index (χ0n) is 10.5. The molecule has 1 aromatic rings. The highest BCUT2D eigenvalue weighted by molar-refractivity contribution is 5.96. The third-order valence-electron chi connectivity index (χ3n) is 3.61. The molecule has 0 aromatic carbocycles. The molecule has 3 N–H and O–H groups in total. The predicted molar refractivity (Wildman–Crippen MR) is 67.7 cm³/mol. The molecule has 1 amide bonds. The van der Waals surface area contributed by atoms with Gasteiger partial charge in [0, 0.05) is 12.1 Å². The fourth-order valence-corrected chi connectivity index (χ4v) is 2.72. The Balaban J connectivity index is 2.56. The van der Waals surface area contributed by atoms with E-state index in [1.165, 1.54) is 10.6 Å². The van der Waals surface area contributed by atoms with Gasteiger partial charge in [0.1, 0.15) is 5.56 Å². The topological polar surface area (TPSA) is 85.3 Å². The monoisotopic (exact) mass is 250 g/mol. The summed E-state index contributed by atoms with van der Waals surface area (Å²) < 4.78 is 1.33. The van der Waals surface area contributed by atoms with E-state index in [0.29, 0.717) is 5.56 Å². The van der Waals surface area contributed by atoms with Crippen molar-refractivity contribution < 1.29 is 9.90 Å². The van der Waals surface area contributed by atoms with Gasteiger partial charge < -0.3 is 10.8 Å². The highest BCUT2D eigenvalue weighted by Gasteiger charge is 2.23. The van der Waals surface area contributed by atoms with Gasteiger partial charge in [-0.05, 0) is 25.3 Å². The number of amides is 1. The second kappa shape index (κ2) is 4.84. The van der Waals surface area contributed by atoms with Gasteiger partial charge in [0.15, 0.2) is 0 Å². The lowest BCUT2D eigenvalue weighted by molar-refractivity contribution is 0.0994. The number of nitrogens with zero attached hydrogens (tertiary/aromatic N) is 1. The summed E-state index contributed by atoms with van der Waals surface area (Å²) in [7, 11) is 0. The number of primary amides is 1. The van der Waals surface area contributed by atoms with Crippen LogP contribution in [0.15, 0.2) is 10.9 Å². The van der Waals surface area contributed by atoms with Crippen LogP contribution in [0.2, 0.25) is 0 Å². The summed E-state index contributed by atoms with van der Waals surface area (Å²) in [6.07, 6.45) is 4.94. The minimum absolute atomic E-state index is 0.0232. The Kier molecular flexibility index (Phi) is 3.41. The van der Waals surface area contributed by atoms with Crippen LogP contribution in [-0.2, 0) is 0 Å². The van der Waals surface area contributed by atoms with Crippen LogP contribution in [0.1, 0.15) is 54.1 Å². The summed E-state index contributed by atoms with van der Waals surface area (Å²) >= 11 is 0. The minimum atomic E-state index is -0.699. The molecule has 1 aromatic heterocycles. The molecule has 0 atom stereocenters. The Labute approximate surface area is 105 Å². The average Bonchev–Trinajstić information content (AvgIpc) is 2.28. The molecule has 0 radical (unpaired) electrons. The largest absolute Gasteiger partial charge is 0.494 e. The maximum absolute atomic E-state index is 12.0. The van der Waals surface area contributed by atoms with E-state index in [4.69, 9.17) is 5.73 Å². The van der Waals surface area contributed by atoms with Crippen molar-refractivity contribution in [2.75, 3.05) is 0 Å². The van der Waals surface area contributed by atoms with Crippen molar-refractivity contribution in [2.45, 2.75) is 45.1 Å². The van der Waals surface area contributed by atoms with E-state index in [0.717, 1.165) is 32.1 Å². The van der Waals surface area contributed by atoms with E-state index in [9.17, 15) is 14.7 Å². The first-order valence-corrected chi connectivity index (χ1v) is 6.27. The molecule has 0 bridgehead atoms. The number of hydrogen-bond donors (Lipinski definition) is 2. The molecule has 18 heavy (non-hydrogen) atoms. The van der Waals surface area contributed by atoms with E-state index >= 15 is 0 Å². The third kappa shape index (κ3) is 2.12. The minimum Gasteiger partial charge on any atom is -0.494 e. The van der Waals surface area contributed by atoms with Gasteiger partial charge in [0.25, 0.3) is 11.5 Å². The maximum atomic E-state index is 12.0. The van der Waals surface area contributed by atoms with Gasteiger partial charge in [-0.15, -0.1) is 0 Å². The highest BCUT2D eigenvalue weighted by atomic mass is 16.3. The molecule has 1 saturated carbocycles. The van der Waals surface area contributed by atoms with Crippen LogP contribution in [0.25, 0.3) is 0 Å². The van der Waals surface area contributed by atoms with Gasteiger partial charge in [-0.2, -0.15) is 0 Å². The summed E-state index contributed by atoms with van der Waals surface area (Å²) in [5.41, 5.74) is 5.47. The van der Waals surface area contributed by atoms with Gasteiger partial charge in [-0.1, -0.05) is 19.3 Å². The lowest BCUT2D eigenvalue weighted by Gasteiger charge is -2.25. The molecule has 5 nitrogen and oxygen atoms in total. The smallest absolute Gasteiger partial charge is 0.254 e. The molecule has 5 heteroatoms. The lowest BCUT2D eigenvalue weighted by Crippen LogP contribution is -2.29. The first-order chi connectivity index (χ1) is 8.52. The number of pyridine rings is 1. The van der Waals surface area contributed by atoms with Gasteiger partial charge in [-0.25, -0.2) is 0 Å². The molecule has 1 aliphatic carbocycles. The average molecular weight is 250 g/mol. The zero-order chi connectivity index (χ0) is 13.3. The third-order valence-corrected chi connectivity index (χ3v) is 3.61. The van der Waals surface area contributed by atoms with Gasteiger partial charge in [0.2, 0.25) is 5.88 Å². The van der Waals surface area contributed by atoms with Crippen molar-refractivity contribution in [3.8, 4) is 5.88 Å². The number of aromatic hydroxyl groups is 1. The summed E-state index contributed by atoms with van der Waals surface area (Å²) in [5, 5.41) is 10.1. The van der Waals surface area contributed by atoms with Crippen molar-refractivity contribution in [1.82, 2.24) is 4.57 Å².